The molecule has 27 heavy (non-hydrogen) atoms. The number of carbonyl (C=O) groups is 1. The first-order valence-corrected chi connectivity index (χ1v) is 10.1. The van der Waals surface area contributed by atoms with Crippen LogP contribution in [0, 0.1) is 5.82 Å². The highest BCUT2D eigenvalue weighted by Crippen LogP contribution is 2.34. The van der Waals surface area contributed by atoms with E-state index in [0.717, 1.165) is 31.4 Å². The number of hydrogen-bond donors (Lipinski definition) is 1. The monoisotopic (exact) mass is 383 g/mol. The fourth-order valence-electron chi connectivity index (χ4n) is 3.56. The predicted octanol–water partition coefficient (Wildman–Crippen LogP) is 4.64. The number of anilines is 1. The maximum absolute atomic E-state index is 13.7. The molecule has 0 saturated carbocycles. The summed E-state index contributed by atoms with van der Waals surface area (Å²) in [5.74, 6) is -0.133. The van der Waals surface area contributed by atoms with Crippen molar-refractivity contribution in [2.45, 2.75) is 31.7 Å². The van der Waals surface area contributed by atoms with E-state index >= 15 is 0 Å². The molecule has 1 aliphatic rings. The molecule has 0 bridgehead atoms. The van der Waals surface area contributed by atoms with E-state index in [1.54, 1.807) is 29.5 Å². The predicted molar refractivity (Wildman–Crippen MR) is 108 cm³/mol. The van der Waals surface area contributed by atoms with Crippen LogP contribution in [0.4, 0.5) is 10.1 Å². The van der Waals surface area contributed by atoms with E-state index in [2.05, 4.69) is 22.3 Å². The number of amides is 1. The third-order valence-corrected chi connectivity index (χ3v) is 6.45. The molecule has 1 amide bonds. The second kappa shape index (κ2) is 7.74. The maximum Gasteiger partial charge on any atom is 0.241 e. The van der Waals surface area contributed by atoms with Gasteiger partial charge in [0.2, 0.25) is 5.91 Å². The van der Waals surface area contributed by atoms with Crippen molar-refractivity contribution in [3.8, 4) is 0 Å². The Morgan fingerprint density at radius 2 is 1.89 bits per heavy atom. The highest BCUT2D eigenvalue weighted by Gasteiger charge is 2.29. The molecule has 1 saturated heterocycles. The lowest BCUT2D eigenvalue weighted by Crippen LogP contribution is -2.45. The van der Waals surface area contributed by atoms with Crippen LogP contribution >= 0.6 is 11.3 Å². The number of para-hydroxylation sites is 2. The summed E-state index contributed by atoms with van der Waals surface area (Å²) >= 11 is 1.77. The molecule has 2 heterocycles. The molecule has 4 rings (SSSR count). The van der Waals surface area contributed by atoms with Gasteiger partial charge >= 0.3 is 0 Å². The van der Waals surface area contributed by atoms with Crippen molar-refractivity contribution in [3.05, 3.63) is 59.4 Å². The molecular formula is C21H22FN3OS. The quantitative estimate of drug-likeness (QED) is 0.714. The Morgan fingerprint density at radius 3 is 2.63 bits per heavy atom. The van der Waals surface area contributed by atoms with Gasteiger partial charge in [-0.1, -0.05) is 24.3 Å². The SMILES string of the molecule is C[C@H](C(=O)Nc1ccccc1F)N1CCC(c2nc3ccccc3s2)CC1. The van der Waals surface area contributed by atoms with Crippen molar-refractivity contribution >= 4 is 33.1 Å². The number of nitrogens with zero attached hydrogens (tertiary/aromatic N) is 2. The molecule has 1 atom stereocenters. The molecule has 0 unspecified atom stereocenters. The van der Waals surface area contributed by atoms with E-state index in [4.69, 9.17) is 4.98 Å². The van der Waals surface area contributed by atoms with Crippen LogP contribution in [0.2, 0.25) is 0 Å². The third-order valence-electron chi connectivity index (χ3n) is 5.25. The summed E-state index contributed by atoms with van der Waals surface area (Å²) in [5, 5.41) is 3.90. The number of likely N-dealkylation sites (tertiary alicyclic amines) is 1. The van der Waals surface area contributed by atoms with Crippen molar-refractivity contribution in [1.29, 1.82) is 0 Å². The van der Waals surface area contributed by atoms with Crippen molar-refractivity contribution in [1.82, 2.24) is 9.88 Å². The van der Waals surface area contributed by atoms with Gasteiger partial charge in [0.05, 0.1) is 27.0 Å². The molecule has 1 aliphatic heterocycles. The van der Waals surface area contributed by atoms with E-state index in [1.165, 1.54) is 15.8 Å². The fraction of sp³-hybridized carbons (Fsp3) is 0.333. The van der Waals surface area contributed by atoms with Crippen LogP contribution in [0.1, 0.15) is 30.7 Å². The van der Waals surface area contributed by atoms with Crippen molar-refractivity contribution in [2.75, 3.05) is 18.4 Å². The van der Waals surface area contributed by atoms with Crippen LogP contribution in [0.15, 0.2) is 48.5 Å². The van der Waals surface area contributed by atoms with Crippen LogP contribution in [0.3, 0.4) is 0 Å². The highest BCUT2D eigenvalue weighted by molar-refractivity contribution is 7.18. The summed E-state index contributed by atoms with van der Waals surface area (Å²) in [6, 6.07) is 14.2. The Labute approximate surface area is 162 Å². The summed E-state index contributed by atoms with van der Waals surface area (Å²) < 4.78 is 15.0. The van der Waals surface area contributed by atoms with Crippen LogP contribution in [0.5, 0.6) is 0 Å². The summed E-state index contributed by atoms with van der Waals surface area (Å²) in [7, 11) is 0. The van der Waals surface area contributed by atoms with Gasteiger partial charge in [0.15, 0.2) is 0 Å². The van der Waals surface area contributed by atoms with Crippen LogP contribution < -0.4 is 5.32 Å². The van der Waals surface area contributed by atoms with E-state index in [1.807, 2.05) is 19.1 Å². The summed E-state index contributed by atoms with van der Waals surface area (Å²) in [6.45, 7) is 3.56. The molecule has 2 aromatic carbocycles. The van der Waals surface area contributed by atoms with Gasteiger partial charge in [0, 0.05) is 5.92 Å². The van der Waals surface area contributed by atoms with E-state index in [0.29, 0.717) is 5.92 Å². The second-order valence-corrected chi connectivity index (χ2v) is 8.04. The Kier molecular flexibility index (Phi) is 5.18. The maximum atomic E-state index is 13.7. The summed E-state index contributed by atoms with van der Waals surface area (Å²) in [6.07, 6.45) is 1.97. The first-order chi connectivity index (χ1) is 13.1. The molecule has 6 heteroatoms. The van der Waals surface area contributed by atoms with Crippen LogP contribution in [-0.4, -0.2) is 34.9 Å². The van der Waals surface area contributed by atoms with Crippen molar-refractivity contribution < 1.29 is 9.18 Å². The van der Waals surface area contributed by atoms with E-state index in [-0.39, 0.29) is 17.6 Å². The zero-order valence-electron chi connectivity index (χ0n) is 15.2. The standard InChI is InChI=1S/C21H22FN3OS/c1-14(20(26)23-17-7-3-2-6-16(17)22)25-12-10-15(11-13-25)21-24-18-8-4-5-9-19(18)27-21/h2-9,14-15H,10-13H2,1H3,(H,23,26)/t14-/m1/s1. The topological polar surface area (TPSA) is 45.2 Å². The molecule has 1 N–H and O–H groups in total. The summed E-state index contributed by atoms with van der Waals surface area (Å²) in [4.78, 5) is 19.5. The second-order valence-electron chi connectivity index (χ2n) is 6.98. The number of rotatable bonds is 4. The van der Waals surface area contributed by atoms with Gasteiger partial charge in [0.25, 0.3) is 0 Å². The van der Waals surface area contributed by atoms with Gasteiger partial charge < -0.3 is 5.32 Å². The zero-order chi connectivity index (χ0) is 18.8. The number of thiazole rings is 1. The average molecular weight is 383 g/mol. The molecule has 0 radical (unpaired) electrons. The Balaban J connectivity index is 1.36. The number of aromatic nitrogens is 1. The van der Waals surface area contributed by atoms with Gasteiger partial charge in [-0.05, 0) is 57.1 Å². The lowest BCUT2D eigenvalue weighted by atomic mass is 9.96. The van der Waals surface area contributed by atoms with E-state index < -0.39 is 5.82 Å². The highest BCUT2D eigenvalue weighted by atomic mass is 32.1. The molecule has 3 aromatic rings. The third kappa shape index (κ3) is 3.87. The largest absolute Gasteiger partial charge is 0.322 e. The Hall–Kier alpha value is -2.31. The molecule has 4 nitrogen and oxygen atoms in total. The fourth-order valence-corrected chi connectivity index (χ4v) is 4.70. The first kappa shape index (κ1) is 18.1. The zero-order valence-corrected chi connectivity index (χ0v) is 16.0. The normalized spacial score (nSPS) is 17.1. The smallest absolute Gasteiger partial charge is 0.241 e. The van der Waals surface area contributed by atoms with Gasteiger partial charge in [-0.3, -0.25) is 9.69 Å². The number of benzene rings is 2. The van der Waals surface area contributed by atoms with Gasteiger partial charge in [-0.2, -0.15) is 0 Å². The van der Waals surface area contributed by atoms with Gasteiger partial charge in [-0.15, -0.1) is 11.3 Å². The molecular weight excluding hydrogens is 361 g/mol. The first-order valence-electron chi connectivity index (χ1n) is 9.27. The number of fused-ring (bicyclic) bond motifs is 1. The molecule has 1 aromatic heterocycles. The van der Waals surface area contributed by atoms with E-state index in [9.17, 15) is 9.18 Å². The minimum Gasteiger partial charge on any atom is -0.322 e. The van der Waals surface area contributed by atoms with Crippen molar-refractivity contribution in [3.63, 3.8) is 0 Å². The molecule has 0 aliphatic carbocycles. The summed E-state index contributed by atoms with van der Waals surface area (Å²) in [5.41, 5.74) is 1.30. The Bertz CT molecular complexity index is 916. The van der Waals surface area contributed by atoms with Crippen molar-refractivity contribution in [2.24, 2.45) is 0 Å². The number of carbonyl (C=O) groups excluding carboxylic acids is 1. The minimum absolute atomic E-state index is 0.168. The minimum atomic E-state index is -0.410. The number of hydrogen-bond acceptors (Lipinski definition) is 4. The Morgan fingerprint density at radius 1 is 1.19 bits per heavy atom. The van der Waals surface area contributed by atoms with Crippen LogP contribution in [0.25, 0.3) is 10.2 Å². The number of halogens is 1. The molecule has 1 fully saturated rings. The average Bonchev–Trinajstić information content (AvgIpc) is 3.13. The molecule has 0 spiro atoms. The number of nitrogens with one attached hydrogen (secondary N) is 1. The lowest BCUT2D eigenvalue weighted by molar-refractivity contribution is -0.121. The number of piperidine rings is 1. The van der Waals surface area contributed by atoms with Gasteiger partial charge in [-0.25, -0.2) is 9.37 Å². The van der Waals surface area contributed by atoms with Crippen LogP contribution in [-0.2, 0) is 4.79 Å². The lowest BCUT2D eigenvalue weighted by Gasteiger charge is -2.34. The van der Waals surface area contributed by atoms with Gasteiger partial charge in [0.1, 0.15) is 5.82 Å². The molecule has 140 valence electrons.